The highest BCUT2D eigenvalue weighted by atomic mass is 16.5. The summed E-state index contributed by atoms with van der Waals surface area (Å²) in [5.74, 6) is 0.930. The van der Waals surface area contributed by atoms with Crippen LogP contribution in [0, 0.1) is 6.07 Å². The van der Waals surface area contributed by atoms with Crippen LogP contribution in [0.3, 0.4) is 0 Å². The van der Waals surface area contributed by atoms with Gasteiger partial charge in [0, 0.05) is 0 Å². The van der Waals surface area contributed by atoms with Crippen molar-refractivity contribution in [3.05, 3.63) is 30.3 Å². The standard InChI is InChI=1S/C12H17O/c1-2-3-4-8-11-13-12-9-6-5-7-10-12/h5-6,9-10H,2-4,8,11H2,1H3. The first kappa shape index (κ1) is 10.1. The van der Waals surface area contributed by atoms with Crippen LogP contribution in [0.4, 0.5) is 0 Å². The molecule has 13 heavy (non-hydrogen) atoms. The summed E-state index contributed by atoms with van der Waals surface area (Å²) < 4.78 is 5.52. The van der Waals surface area contributed by atoms with E-state index in [9.17, 15) is 0 Å². The van der Waals surface area contributed by atoms with Gasteiger partial charge in [0.15, 0.2) is 0 Å². The molecule has 0 unspecified atom stereocenters. The van der Waals surface area contributed by atoms with Gasteiger partial charge < -0.3 is 4.74 Å². The van der Waals surface area contributed by atoms with Crippen molar-refractivity contribution in [1.82, 2.24) is 0 Å². The van der Waals surface area contributed by atoms with Crippen molar-refractivity contribution in [2.45, 2.75) is 32.6 Å². The first-order valence-corrected chi connectivity index (χ1v) is 5.02. The lowest BCUT2D eigenvalue weighted by Gasteiger charge is -2.04. The minimum Gasteiger partial charge on any atom is -0.494 e. The molecule has 0 aromatic heterocycles. The van der Waals surface area contributed by atoms with Crippen LogP contribution in [0.15, 0.2) is 24.3 Å². The second-order valence-electron chi connectivity index (χ2n) is 3.15. The van der Waals surface area contributed by atoms with Gasteiger partial charge in [0.1, 0.15) is 5.75 Å². The number of hydrogen-bond donors (Lipinski definition) is 0. The lowest BCUT2D eigenvalue weighted by Crippen LogP contribution is -1.96. The zero-order chi connectivity index (χ0) is 9.36. The van der Waals surface area contributed by atoms with Crippen LogP contribution in [0.1, 0.15) is 32.6 Å². The SMILES string of the molecule is CCCCCCOc1c[c]ccc1. The Hall–Kier alpha value is -0.980. The number of unbranched alkanes of at least 4 members (excludes halogenated alkanes) is 3. The molecule has 1 nitrogen and oxygen atoms in total. The second-order valence-corrected chi connectivity index (χ2v) is 3.15. The van der Waals surface area contributed by atoms with Gasteiger partial charge in [-0.3, -0.25) is 0 Å². The molecule has 1 heteroatoms. The highest BCUT2D eigenvalue weighted by Gasteiger charge is 1.91. The highest BCUT2D eigenvalue weighted by molar-refractivity contribution is 5.19. The van der Waals surface area contributed by atoms with E-state index >= 15 is 0 Å². The molecule has 0 bridgehead atoms. The summed E-state index contributed by atoms with van der Waals surface area (Å²) in [4.78, 5) is 0. The Morgan fingerprint density at radius 1 is 1.31 bits per heavy atom. The molecule has 0 spiro atoms. The molecule has 0 aliphatic heterocycles. The average Bonchev–Trinajstić information content (AvgIpc) is 2.19. The summed E-state index contributed by atoms with van der Waals surface area (Å²) in [6, 6.07) is 10.7. The summed E-state index contributed by atoms with van der Waals surface area (Å²) in [5, 5.41) is 0. The van der Waals surface area contributed by atoms with Crippen LogP contribution in [0.2, 0.25) is 0 Å². The molecule has 0 amide bonds. The van der Waals surface area contributed by atoms with Gasteiger partial charge in [0.25, 0.3) is 0 Å². The van der Waals surface area contributed by atoms with Gasteiger partial charge in [-0.25, -0.2) is 0 Å². The van der Waals surface area contributed by atoms with Gasteiger partial charge >= 0.3 is 0 Å². The molecule has 1 rings (SSSR count). The molecular formula is C12H17O. The number of ether oxygens (including phenoxy) is 1. The normalized spacial score (nSPS) is 9.92. The summed E-state index contributed by atoms with van der Waals surface area (Å²) in [6.45, 7) is 3.05. The lowest BCUT2D eigenvalue weighted by atomic mass is 10.2. The molecule has 1 radical (unpaired) electrons. The van der Waals surface area contributed by atoms with Crippen molar-refractivity contribution < 1.29 is 4.74 Å². The van der Waals surface area contributed by atoms with E-state index in [0.29, 0.717) is 0 Å². The van der Waals surface area contributed by atoms with Crippen LogP contribution in [-0.4, -0.2) is 6.61 Å². The Morgan fingerprint density at radius 2 is 2.23 bits per heavy atom. The Bertz CT molecular complexity index is 206. The molecule has 1 aromatic carbocycles. The fraction of sp³-hybridized carbons (Fsp3) is 0.500. The Kier molecular flexibility index (Phi) is 5.07. The van der Waals surface area contributed by atoms with Crippen molar-refractivity contribution in [1.29, 1.82) is 0 Å². The van der Waals surface area contributed by atoms with Crippen LogP contribution in [-0.2, 0) is 0 Å². The van der Waals surface area contributed by atoms with Crippen LogP contribution in [0.5, 0.6) is 5.75 Å². The Labute approximate surface area is 80.7 Å². The molecule has 0 heterocycles. The van der Waals surface area contributed by atoms with Crippen molar-refractivity contribution in [2.75, 3.05) is 6.61 Å². The summed E-state index contributed by atoms with van der Waals surface area (Å²) in [6.07, 6.45) is 5.01. The van der Waals surface area contributed by atoms with E-state index in [4.69, 9.17) is 4.74 Å². The summed E-state index contributed by atoms with van der Waals surface area (Å²) >= 11 is 0. The number of benzene rings is 1. The van der Waals surface area contributed by atoms with E-state index in [1.165, 1.54) is 19.3 Å². The fourth-order valence-electron chi connectivity index (χ4n) is 1.19. The van der Waals surface area contributed by atoms with E-state index < -0.39 is 0 Å². The quantitative estimate of drug-likeness (QED) is 0.605. The molecule has 0 aliphatic carbocycles. The van der Waals surface area contributed by atoms with Crippen molar-refractivity contribution in [3.8, 4) is 5.75 Å². The van der Waals surface area contributed by atoms with Crippen molar-refractivity contribution >= 4 is 0 Å². The zero-order valence-electron chi connectivity index (χ0n) is 8.25. The lowest BCUT2D eigenvalue weighted by molar-refractivity contribution is 0.305. The molecule has 0 N–H and O–H groups in total. The Morgan fingerprint density at radius 3 is 2.92 bits per heavy atom. The Balaban J connectivity index is 2.07. The summed E-state index contributed by atoms with van der Waals surface area (Å²) in [5.41, 5.74) is 0. The van der Waals surface area contributed by atoms with E-state index in [1.807, 2.05) is 24.3 Å². The monoisotopic (exact) mass is 177 g/mol. The maximum absolute atomic E-state index is 5.52. The van der Waals surface area contributed by atoms with Gasteiger partial charge in [-0.2, -0.15) is 0 Å². The zero-order valence-corrected chi connectivity index (χ0v) is 8.25. The van der Waals surface area contributed by atoms with E-state index in [-0.39, 0.29) is 0 Å². The van der Waals surface area contributed by atoms with Crippen LogP contribution in [0.25, 0.3) is 0 Å². The third kappa shape index (κ3) is 4.56. The minimum absolute atomic E-state index is 0.831. The first-order chi connectivity index (χ1) is 6.43. The maximum atomic E-state index is 5.52. The van der Waals surface area contributed by atoms with E-state index in [2.05, 4.69) is 13.0 Å². The molecule has 0 aliphatic rings. The number of hydrogen-bond acceptors (Lipinski definition) is 1. The smallest absolute Gasteiger partial charge is 0.119 e. The van der Waals surface area contributed by atoms with Crippen molar-refractivity contribution in [2.24, 2.45) is 0 Å². The van der Waals surface area contributed by atoms with Gasteiger partial charge in [-0.1, -0.05) is 38.3 Å². The van der Waals surface area contributed by atoms with Gasteiger partial charge in [0.05, 0.1) is 6.61 Å². The molecule has 1 aromatic rings. The minimum atomic E-state index is 0.831. The molecular weight excluding hydrogens is 160 g/mol. The third-order valence-corrected chi connectivity index (χ3v) is 1.95. The average molecular weight is 177 g/mol. The van der Waals surface area contributed by atoms with E-state index in [1.54, 1.807) is 0 Å². The molecule has 0 saturated heterocycles. The van der Waals surface area contributed by atoms with Gasteiger partial charge in [0.2, 0.25) is 0 Å². The van der Waals surface area contributed by atoms with Gasteiger partial charge in [-0.05, 0) is 24.6 Å². The predicted molar refractivity (Wildman–Crippen MR) is 54.9 cm³/mol. The predicted octanol–water partition coefficient (Wildman–Crippen LogP) is 3.45. The molecule has 0 saturated carbocycles. The topological polar surface area (TPSA) is 9.23 Å². The highest BCUT2D eigenvalue weighted by Crippen LogP contribution is 2.08. The largest absolute Gasteiger partial charge is 0.494 e. The second kappa shape index (κ2) is 6.53. The molecule has 71 valence electrons. The molecule has 0 fully saturated rings. The maximum Gasteiger partial charge on any atom is 0.119 e. The fourth-order valence-corrected chi connectivity index (χ4v) is 1.19. The van der Waals surface area contributed by atoms with Crippen LogP contribution < -0.4 is 4.74 Å². The van der Waals surface area contributed by atoms with Gasteiger partial charge in [-0.15, -0.1) is 0 Å². The first-order valence-electron chi connectivity index (χ1n) is 5.02. The third-order valence-electron chi connectivity index (χ3n) is 1.95. The molecule has 0 atom stereocenters. The number of rotatable bonds is 6. The van der Waals surface area contributed by atoms with E-state index in [0.717, 1.165) is 18.8 Å². The van der Waals surface area contributed by atoms with Crippen LogP contribution >= 0.6 is 0 Å². The van der Waals surface area contributed by atoms with Crippen molar-refractivity contribution in [3.63, 3.8) is 0 Å². The summed E-state index contributed by atoms with van der Waals surface area (Å²) in [7, 11) is 0.